The van der Waals surface area contributed by atoms with Crippen molar-refractivity contribution in [2.24, 2.45) is 11.8 Å². The molecule has 0 aromatic heterocycles. The van der Waals surface area contributed by atoms with Crippen LogP contribution in [0.15, 0.2) is 73.6 Å². The van der Waals surface area contributed by atoms with E-state index in [1.165, 1.54) is 18.9 Å². The first-order chi connectivity index (χ1) is 16.8. The summed E-state index contributed by atoms with van der Waals surface area (Å²) < 4.78 is 16.0. The minimum absolute atomic E-state index is 0.282. The predicted molar refractivity (Wildman–Crippen MR) is 142 cm³/mol. The molecule has 2 unspecified atom stereocenters. The molecular formula is C30H42O5. The molecule has 1 rings (SSSR count). The third-order valence-electron chi connectivity index (χ3n) is 5.94. The molecule has 0 radical (unpaired) electrons. The molecule has 5 nitrogen and oxygen atoms in total. The van der Waals surface area contributed by atoms with Crippen LogP contribution in [0.25, 0.3) is 0 Å². The van der Waals surface area contributed by atoms with Crippen LogP contribution in [-0.2, 0) is 14.3 Å². The minimum Gasteiger partial charge on any atom is -0.494 e. The molecule has 0 saturated carbocycles. The Morgan fingerprint density at radius 1 is 0.943 bits per heavy atom. The van der Waals surface area contributed by atoms with Gasteiger partial charge >= 0.3 is 11.9 Å². The lowest BCUT2D eigenvalue weighted by molar-refractivity contribution is -0.137. The summed E-state index contributed by atoms with van der Waals surface area (Å²) in [5.41, 5.74) is 1.44. The SMILES string of the molecule is C=CC(=O)OCCCCCCOc1ccc(C(=O)OC(=C)/C=C\C(=C)C(C)CCC(C)CC)cc1. The van der Waals surface area contributed by atoms with Gasteiger partial charge in [0.05, 0.1) is 18.8 Å². The van der Waals surface area contributed by atoms with E-state index in [-0.39, 0.29) is 11.7 Å². The molecule has 0 N–H and O–H groups in total. The van der Waals surface area contributed by atoms with Gasteiger partial charge in [0, 0.05) is 6.08 Å². The summed E-state index contributed by atoms with van der Waals surface area (Å²) in [4.78, 5) is 23.3. The Morgan fingerprint density at radius 3 is 2.23 bits per heavy atom. The summed E-state index contributed by atoms with van der Waals surface area (Å²) in [6, 6.07) is 6.87. The van der Waals surface area contributed by atoms with Gasteiger partial charge in [-0.05, 0) is 74.3 Å². The zero-order valence-electron chi connectivity index (χ0n) is 21.7. The van der Waals surface area contributed by atoms with E-state index in [1.54, 1.807) is 30.3 Å². The summed E-state index contributed by atoms with van der Waals surface area (Å²) in [5, 5.41) is 0. The van der Waals surface area contributed by atoms with Gasteiger partial charge in [-0.15, -0.1) is 0 Å². The molecule has 1 aromatic rings. The summed E-state index contributed by atoms with van der Waals surface area (Å²) in [5.74, 6) is 1.23. The van der Waals surface area contributed by atoms with Crippen LogP contribution in [0.4, 0.5) is 0 Å². The third kappa shape index (κ3) is 13.4. The Labute approximate surface area is 211 Å². The largest absolute Gasteiger partial charge is 0.494 e. The maximum Gasteiger partial charge on any atom is 0.343 e. The van der Waals surface area contributed by atoms with Crippen molar-refractivity contribution in [1.29, 1.82) is 0 Å². The molecule has 1 aromatic carbocycles. The van der Waals surface area contributed by atoms with E-state index in [4.69, 9.17) is 14.2 Å². The summed E-state index contributed by atoms with van der Waals surface area (Å²) in [6.45, 7) is 18.9. The van der Waals surface area contributed by atoms with Gasteiger partial charge < -0.3 is 14.2 Å². The minimum atomic E-state index is -0.459. The van der Waals surface area contributed by atoms with Crippen molar-refractivity contribution in [1.82, 2.24) is 0 Å². The molecule has 0 aliphatic heterocycles. The monoisotopic (exact) mass is 482 g/mol. The first-order valence-electron chi connectivity index (χ1n) is 12.6. The number of ether oxygens (including phenoxy) is 3. The summed E-state index contributed by atoms with van der Waals surface area (Å²) in [6.07, 6.45) is 11.9. The molecule has 0 amide bonds. The van der Waals surface area contributed by atoms with Crippen LogP contribution in [0, 0.1) is 11.8 Å². The van der Waals surface area contributed by atoms with Crippen molar-refractivity contribution in [2.45, 2.75) is 65.7 Å². The van der Waals surface area contributed by atoms with E-state index in [0.29, 0.717) is 36.4 Å². The van der Waals surface area contributed by atoms with E-state index in [1.807, 2.05) is 6.08 Å². The quantitative estimate of drug-likeness (QED) is 0.0709. The highest BCUT2D eigenvalue weighted by Gasteiger charge is 2.10. The molecule has 0 heterocycles. The highest BCUT2D eigenvalue weighted by molar-refractivity contribution is 5.90. The van der Waals surface area contributed by atoms with Crippen molar-refractivity contribution in [2.75, 3.05) is 13.2 Å². The molecule has 5 heteroatoms. The van der Waals surface area contributed by atoms with Crippen molar-refractivity contribution in [3.63, 3.8) is 0 Å². The van der Waals surface area contributed by atoms with E-state index in [9.17, 15) is 9.59 Å². The van der Waals surface area contributed by atoms with Gasteiger partial charge in [0.2, 0.25) is 0 Å². The molecule has 0 saturated heterocycles. The van der Waals surface area contributed by atoms with Crippen molar-refractivity contribution >= 4 is 11.9 Å². The molecule has 0 spiro atoms. The van der Waals surface area contributed by atoms with Gasteiger partial charge in [0.1, 0.15) is 11.5 Å². The lowest BCUT2D eigenvalue weighted by Crippen LogP contribution is -2.04. The Balaban J connectivity index is 2.31. The first kappa shape index (κ1) is 30.0. The number of hydrogen-bond donors (Lipinski definition) is 0. The smallest absolute Gasteiger partial charge is 0.343 e. The van der Waals surface area contributed by atoms with Gasteiger partial charge in [0.15, 0.2) is 0 Å². The first-order valence-corrected chi connectivity index (χ1v) is 12.6. The molecule has 192 valence electrons. The lowest BCUT2D eigenvalue weighted by atomic mass is 9.92. The van der Waals surface area contributed by atoms with Crippen molar-refractivity contribution in [3.05, 3.63) is 79.1 Å². The van der Waals surface area contributed by atoms with Crippen LogP contribution in [0.3, 0.4) is 0 Å². The number of unbranched alkanes of at least 4 members (excludes halogenated alkanes) is 3. The highest BCUT2D eigenvalue weighted by atomic mass is 16.5. The fraction of sp³-hybridized carbons (Fsp3) is 0.467. The summed E-state index contributed by atoms with van der Waals surface area (Å²) >= 11 is 0. The lowest BCUT2D eigenvalue weighted by Gasteiger charge is -2.14. The molecule has 35 heavy (non-hydrogen) atoms. The molecule has 0 aliphatic rings. The number of allylic oxidation sites excluding steroid dienone is 3. The van der Waals surface area contributed by atoms with Gasteiger partial charge in [-0.1, -0.05) is 65.0 Å². The second-order valence-corrected chi connectivity index (χ2v) is 8.91. The van der Waals surface area contributed by atoms with Crippen LogP contribution in [0.2, 0.25) is 0 Å². The molecule has 2 atom stereocenters. The Kier molecular flexibility index (Phi) is 14.9. The average molecular weight is 483 g/mol. The van der Waals surface area contributed by atoms with Gasteiger partial charge in [0.25, 0.3) is 0 Å². The number of hydrogen-bond acceptors (Lipinski definition) is 5. The average Bonchev–Trinajstić information content (AvgIpc) is 2.87. The maximum absolute atomic E-state index is 12.4. The number of rotatable bonds is 18. The predicted octanol–water partition coefficient (Wildman–Crippen LogP) is 7.60. The van der Waals surface area contributed by atoms with Crippen molar-refractivity contribution < 1.29 is 23.8 Å². The van der Waals surface area contributed by atoms with E-state index < -0.39 is 5.97 Å². The van der Waals surface area contributed by atoms with Crippen LogP contribution in [-0.4, -0.2) is 25.2 Å². The van der Waals surface area contributed by atoms with Gasteiger partial charge in [-0.2, -0.15) is 0 Å². The standard InChI is InChI=1S/C30H42O5/c1-7-23(3)13-14-24(4)25(5)15-16-26(6)35-30(32)27-17-19-28(20-18-27)33-21-11-9-10-12-22-34-29(31)8-2/h8,15-20,23-24H,2,5-7,9-14,21-22H2,1,3-4H3/b16-15-. The number of carbonyl (C=O) groups excluding carboxylic acids is 2. The zero-order chi connectivity index (χ0) is 26.1. The molecule has 0 fully saturated rings. The fourth-order valence-corrected chi connectivity index (χ4v) is 3.17. The Hall–Kier alpha value is -3.08. The highest BCUT2D eigenvalue weighted by Crippen LogP contribution is 2.21. The Morgan fingerprint density at radius 2 is 1.60 bits per heavy atom. The van der Waals surface area contributed by atoms with Gasteiger partial charge in [-0.25, -0.2) is 9.59 Å². The van der Waals surface area contributed by atoms with E-state index in [0.717, 1.165) is 37.7 Å². The van der Waals surface area contributed by atoms with Gasteiger partial charge in [-0.3, -0.25) is 0 Å². The number of esters is 2. The maximum atomic E-state index is 12.4. The second kappa shape index (κ2) is 17.4. The normalized spacial score (nSPS) is 12.5. The topological polar surface area (TPSA) is 61.8 Å². The van der Waals surface area contributed by atoms with E-state index in [2.05, 4.69) is 40.5 Å². The fourth-order valence-electron chi connectivity index (χ4n) is 3.17. The second-order valence-electron chi connectivity index (χ2n) is 8.91. The van der Waals surface area contributed by atoms with Crippen LogP contribution >= 0.6 is 0 Å². The summed E-state index contributed by atoms with van der Waals surface area (Å²) in [7, 11) is 0. The Bertz CT molecular complexity index is 850. The molecule has 0 aliphatic carbocycles. The van der Waals surface area contributed by atoms with Crippen LogP contribution in [0.5, 0.6) is 5.75 Å². The number of carbonyl (C=O) groups is 2. The number of benzene rings is 1. The molecular weight excluding hydrogens is 440 g/mol. The van der Waals surface area contributed by atoms with E-state index >= 15 is 0 Å². The zero-order valence-corrected chi connectivity index (χ0v) is 21.7. The van der Waals surface area contributed by atoms with Crippen molar-refractivity contribution in [3.8, 4) is 5.75 Å². The van der Waals surface area contributed by atoms with Crippen LogP contribution in [0.1, 0.15) is 76.1 Å². The third-order valence-corrected chi connectivity index (χ3v) is 5.94. The van der Waals surface area contributed by atoms with Crippen LogP contribution < -0.4 is 4.74 Å². The molecule has 0 bridgehead atoms.